The van der Waals surface area contributed by atoms with Crippen LogP contribution in [0.5, 0.6) is 0 Å². The van der Waals surface area contributed by atoms with E-state index in [2.05, 4.69) is 10.6 Å². The third-order valence-corrected chi connectivity index (χ3v) is 7.12. The van der Waals surface area contributed by atoms with Crippen LogP contribution in [0.15, 0.2) is 64.9 Å². The van der Waals surface area contributed by atoms with Crippen LogP contribution < -0.4 is 10.6 Å². The van der Waals surface area contributed by atoms with Gasteiger partial charge in [0, 0.05) is 25.5 Å². The second-order valence-electron chi connectivity index (χ2n) is 6.39. The molecule has 0 saturated heterocycles. The molecule has 0 unspecified atom stereocenters. The number of amides is 2. The first-order valence-corrected chi connectivity index (χ1v) is 11.4. The van der Waals surface area contributed by atoms with Crippen LogP contribution in [0.25, 0.3) is 0 Å². The zero-order valence-electron chi connectivity index (χ0n) is 16.0. The number of benzene rings is 2. The molecular weight excluding hydrogens is 446 g/mol. The predicted octanol–water partition coefficient (Wildman–Crippen LogP) is 4.16. The highest BCUT2D eigenvalue weighted by Gasteiger charge is 2.21. The summed E-state index contributed by atoms with van der Waals surface area (Å²) in [5, 5.41) is 7.39. The van der Waals surface area contributed by atoms with Crippen molar-refractivity contribution in [2.24, 2.45) is 0 Å². The number of nitrogens with one attached hydrogen (secondary N) is 2. The summed E-state index contributed by atoms with van der Waals surface area (Å²) < 4.78 is 25.7. The molecule has 0 aliphatic heterocycles. The van der Waals surface area contributed by atoms with E-state index < -0.39 is 15.9 Å². The number of anilines is 2. The SMILES string of the molecule is CN(C)S(=O)(=O)c1ccc(Cl)c(C(=O)Nc2ccc(NC(=O)c3cccs3)cc2)c1. The molecular formula is C20H18ClN3O4S2. The van der Waals surface area contributed by atoms with E-state index in [1.165, 1.54) is 43.6 Å². The van der Waals surface area contributed by atoms with Crippen LogP contribution in [0.3, 0.4) is 0 Å². The van der Waals surface area contributed by atoms with E-state index in [1.54, 1.807) is 36.4 Å². The molecule has 1 aromatic heterocycles. The van der Waals surface area contributed by atoms with Crippen LogP contribution in [0.2, 0.25) is 5.02 Å². The van der Waals surface area contributed by atoms with Crippen LogP contribution >= 0.6 is 22.9 Å². The van der Waals surface area contributed by atoms with Gasteiger partial charge in [-0.3, -0.25) is 9.59 Å². The Morgan fingerprint density at radius 1 is 0.933 bits per heavy atom. The van der Waals surface area contributed by atoms with Crippen molar-refractivity contribution in [3.8, 4) is 0 Å². The van der Waals surface area contributed by atoms with Gasteiger partial charge in [-0.1, -0.05) is 17.7 Å². The summed E-state index contributed by atoms with van der Waals surface area (Å²) in [6.07, 6.45) is 0. The molecule has 2 amide bonds. The molecule has 7 nitrogen and oxygen atoms in total. The minimum absolute atomic E-state index is 0.0336. The van der Waals surface area contributed by atoms with E-state index >= 15 is 0 Å². The van der Waals surface area contributed by atoms with Gasteiger partial charge in [-0.05, 0) is 53.9 Å². The van der Waals surface area contributed by atoms with E-state index in [0.29, 0.717) is 16.3 Å². The van der Waals surface area contributed by atoms with Crippen molar-refractivity contribution in [1.82, 2.24) is 4.31 Å². The Hall–Kier alpha value is -2.72. The molecule has 0 saturated carbocycles. The van der Waals surface area contributed by atoms with Gasteiger partial charge in [-0.15, -0.1) is 11.3 Å². The lowest BCUT2D eigenvalue weighted by molar-refractivity contribution is 0.102. The average molecular weight is 464 g/mol. The fourth-order valence-corrected chi connectivity index (χ4v) is 4.24. The van der Waals surface area contributed by atoms with Crippen molar-refractivity contribution < 1.29 is 18.0 Å². The first-order valence-electron chi connectivity index (χ1n) is 8.67. The molecule has 10 heteroatoms. The highest BCUT2D eigenvalue weighted by atomic mass is 35.5. The smallest absolute Gasteiger partial charge is 0.265 e. The average Bonchev–Trinajstić information content (AvgIpc) is 3.24. The number of carbonyl (C=O) groups excluding carboxylic acids is 2. The molecule has 0 fully saturated rings. The second kappa shape index (κ2) is 8.97. The van der Waals surface area contributed by atoms with Gasteiger partial charge in [0.25, 0.3) is 11.8 Å². The van der Waals surface area contributed by atoms with Gasteiger partial charge in [0.1, 0.15) is 0 Å². The Morgan fingerprint density at radius 3 is 2.07 bits per heavy atom. The molecule has 156 valence electrons. The first kappa shape index (κ1) is 22.0. The second-order valence-corrected chi connectivity index (χ2v) is 9.90. The summed E-state index contributed by atoms with van der Waals surface area (Å²) in [6, 6.07) is 14.0. The zero-order chi connectivity index (χ0) is 21.9. The topological polar surface area (TPSA) is 95.6 Å². The lowest BCUT2D eigenvalue weighted by atomic mass is 10.2. The zero-order valence-corrected chi connectivity index (χ0v) is 18.4. The van der Waals surface area contributed by atoms with Crippen molar-refractivity contribution in [1.29, 1.82) is 0 Å². The number of thiophene rings is 1. The number of carbonyl (C=O) groups is 2. The van der Waals surface area contributed by atoms with Gasteiger partial charge in [-0.2, -0.15) is 0 Å². The number of halogens is 1. The van der Waals surface area contributed by atoms with Gasteiger partial charge in [0.05, 0.1) is 20.4 Å². The van der Waals surface area contributed by atoms with Crippen LogP contribution in [0.1, 0.15) is 20.0 Å². The molecule has 3 aromatic rings. The molecule has 0 aliphatic carbocycles. The van der Waals surface area contributed by atoms with Crippen LogP contribution in [-0.4, -0.2) is 38.6 Å². The fourth-order valence-electron chi connectivity index (χ4n) is 2.49. The Morgan fingerprint density at radius 2 is 1.53 bits per heavy atom. The monoisotopic (exact) mass is 463 g/mol. The van der Waals surface area contributed by atoms with Gasteiger partial charge < -0.3 is 10.6 Å². The lowest BCUT2D eigenvalue weighted by Crippen LogP contribution is -2.23. The summed E-state index contributed by atoms with van der Waals surface area (Å²) in [7, 11) is -0.893. The first-order chi connectivity index (χ1) is 14.2. The molecule has 30 heavy (non-hydrogen) atoms. The minimum Gasteiger partial charge on any atom is -0.322 e. The molecule has 2 aromatic carbocycles. The van der Waals surface area contributed by atoms with Crippen molar-refractivity contribution in [3.05, 3.63) is 75.4 Å². The molecule has 0 aliphatic rings. The minimum atomic E-state index is -3.70. The summed E-state index contributed by atoms with van der Waals surface area (Å²) in [5.41, 5.74) is 1.07. The largest absolute Gasteiger partial charge is 0.322 e. The predicted molar refractivity (Wildman–Crippen MR) is 119 cm³/mol. The van der Waals surface area contributed by atoms with Crippen molar-refractivity contribution in [2.45, 2.75) is 4.90 Å². The summed E-state index contributed by atoms with van der Waals surface area (Å²) in [5.74, 6) is -0.765. The van der Waals surface area contributed by atoms with E-state index in [1.807, 2.05) is 5.38 Å². The third kappa shape index (κ3) is 4.88. The molecule has 0 atom stereocenters. The summed E-state index contributed by atoms with van der Waals surface area (Å²) in [6.45, 7) is 0. The fraction of sp³-hybridized carbons (Fsp3) is 0.100. The molecule has 0 bridgehead atoms. The Bertz CT molecular complexity index is 1180. The Balaban J connectivity index is 1.74. The van der Waals surface area contributed by atoms with Crippen LogP contribution in [0.4, 0.5) is 11.4 Å². The molecule has 2 N–H and O–H groups in total. The quantitative estimate of drug-likeness (QED) is 0.573. The van der Waals surface area contributed by atoms with Gasteiger partial charge in [0.15, 0.2) is 0 Å². The van der Waals surface area contributed by atoms with Gasteiger partial charge in [-0.25, -0.2) is 12.7 Å². The standard InChI is InChI=1S/C20H18ClN3O4S2/c1-24(2)30(27,28)15-9-10-17(21)16(12-15)19(25)22-13-5-7-14(8-6-13)23-20(26)18-4-3-11-29-18/h3-12H,1-2H3,(H,22,25)(H,23,26). The highest BCUT2D eigenvalue weighted by Crippen LogP contribution is 2.24. The molecule has 0 spiro atoms. The normalized spacial score (nSPS) is 11.3. The third-order valence-electron chi connectivity index (χ3n) is 4.11. The van der Waals surface area contributed by atoms with Gasteiger partial charge in [0.2, 0.25) is 10.0 Å². The number of hydrogen-bond acceptors (Lipinski definition) is 5. The van der Waals surface area contributed by atoms with E-state index in [-0.39, 0.29) is 21.4 Å². The maximum absolute atomic E-state index is 12.6. The van der Waals surface area contributed by atoms with Gasteiger partial charge >= 0.3 is 0 Å². The van der Waals surface area contributed by atoms with E-state index in [4.69, 9.17) is 11.6 Å². The van der Waals surface area contributed by atoms with E-state index in [9.17, 15) is 18.0 Å². The number of hydrogen-bond donors (Lipinski definition) is 2. The molecule has 1 heterocycles. The van der Waals surface area contributed by atoms with Crippen LogP contribution in [0, 0.1) is 0 Å². The maximum atomic E-state index is 12.6. The van der Waals surface area contributed by atoms with Crippen LogP contribution in [-0.2, 0) is 10.0 Å². The number of rotatable bonds is 6. The number of sulfonamides is 1. The Kier molecular flexibility index (Phi) is 6.57. The lowest BCUT2D eigenvalue weighted by Gasteiger charge is -2.13. The Labute approximate surface area is 183 Å². The maximum Gasteiger partial charge on any atom is 0.265 e. The van der Waals surface area contributed by atoms with E-state index in [0.717, 1.165) is 4.31 Å². The molecule has 0 radical (unpaired) electrons. The number of nitrogens with zero attached hydrogens (tertiary/aromatic N) is 1. The summed E-state index contributed by atoms with van der Waals surface area (Å²) in [4.78, 5) is 25.3. The van der Waals surface area contributed by atoms with Crippen molar-refractivity contribution >= 4 is 56.2 Å². The summed E-state index contributed by atoms with van der Waals surface area (Å²) >= 11 is 7.44. The molecule has 3 rings (SSSR count). The van der Waals surface area contributed by atoms with Crippen molar-refractivity contribution in [3.63, 3.8) is 0 Å². The highest BCUT2D eigenvalue weighted by molar-refractivity contribution is 7.89. The van der Waals surface area contributed by atoms with Crippen molar-refractivity contribution in [2.75, 3.05) is 24.7 Å².